The fourth-order valence-electron chi connectivity index (χ4n) is 0.0745. The molecule has 0 unspecified atom stereocenters. The quantitative estimate of drug-likeness (QED) is 0.545. The van der Waals surface area contributed by atoms with E-state index >= 15 is 0 Å². The summed E-state index contributed by atoms with van der Waals surface area (Å²) in [5, 5.41) is 15.7. The highest BCUT2D eigenvalue weighted by molar-refractivity contribution is 4.60. The van der Waals surface area contributed by atoms with E-state index < -0.39 is 0 Å². The summed E-state index contributed by atoms with van der Waals surface area (Å²) in [4.78, 5) is 0. The van der Waals surface area contributed by atoms with Crippen molar-refractivity contribution in [2.45, 2.75) is 6.42 Å². The predicted molar refractivity (Wildman–Crippen MR) is 37.9 cm³/mol. The van der Waals surface area contributed by atoms with E-state index in [4.69, 9.17) is 16.8 Å². The van der Waals surface area contributed by atoms with Crippen molar-refractivity contribution in [1.82, 2.24) is 0 Å². The van der Waals surface area contributed by atoms with Gasteiger partial charge in [0.05, 0.1) is 6.61 Å². The van der Waals surface area contributed by atoms with Crippen molar-refractivity contribution >= 4 is 0 Å². The second-order valence-corrected chi connectivity index (χ2v) is 1.22. The van der Waals surface area contributed by atoms with E-state index in [0.717, 1.165) is 0 Å². The molecule has 0 aromatic heterocycles. The topological polar surface area (TPSA) is 40.5 Å². The van der Waals surface area contributed by atoms with Gasteiger partial charge in [-0.05, 0) is 6.42 Å². The Labute approximate surface area is 56.1 Å². The van der Waals surface area contributed by atoms with Crippen LogP contribution in [-0.4, -0.2) is 23.4 Å². The van der Waals surface area contributed by atoms with Crippen LogP contribution in [0.2, 0.25) is 0 Å². The van der Waals surface area contributed by atoms with Crippen LogP contribution in [0.5, 0.6) is 0 Å². The average Bonchev–Trinajstić information content (AvgIpc) is 1.91. The maximum absolute atomic E-state index is 7.96. The molecule has 0 rings (SSSR count). The van der Waals surface area contributed by atoms with E-state index in [1.165, 1.54) is 12.2 Å². The van der Waals surface area contributed by atoms with Crippen LogP contribution in [0.25, 0.3) is 0 Å². The summed E-state index contributed by atoms with van der Waals surface area (Å²) < 4.78 is 0. The SMILES string of the molecule is C=CCO.[CH]=CCCO. The number of hydrogen-bond acceptors (Lipinski definition) is 2. The first-order valence-corrected chi connectivity index (χ1v) is 2.69. The Morgan fingerprint density at radius 2 is 1.89 bits per heavy atom. The Bertz CT molecular complexity index is 59.9. The van der Waals surface area contributed by atoms with Crippen molar-refractivity contribution in [3.63, 3.8) is 0 Å². The van der Waals surface area contributed by atoms with Gasteiger partial charge in [0.2, 0.25) is 0 Å². The molecule has 0 saturated heterocycles. The smallest absolute Gasteiger partial charge is 0.0609 e. The summed E-state index contributed by atoms with van der Waals surface area (Å²) in [6.45, 7) is 8.33. The van der Waals surface area contributed by atoms with Crippen LogP contribution in [-0.2, 0) is 0 Å². The normalized spacial score (nSPS) is 6.89. The molecule has 2 nitrogen and oxygen atoms in total. The Morgan fingerprint density at radius 3 is 1.89 bits per heavy atom. The van der Waals surface area contributed by atoms with Gasteiger partial charge in [0, 0.05) is 6.61 Å². The van der Waals surface area contributed by atoms with Gasteiger partial charge in [0.25, 0.3) is 0 Å². The third kappa shape index (κ3) is 37.5. The molecule has 0 heterocycles. The van der Waals surface area contributed by atoms with Crippen LogP contribution in [0.3, 0.4) is 0 Å². The molecule has 0 aliphatic heterocycles. The van der Waals surface area contributed by atoms with Crippen molar-refractivity contribution in [3.8, 4) is 0 Å². The minimum atomic E-state index is 0.0833. The molecule has 0 aromatic rings. The van der Waals surface area contributed by atoms with Gasteiger partial charge in [-0.25, -0.2) is 0 Å². The van der Waals surface area contributed by atoms with Crippen molar-refractivity contribution in [2.24, 2.45) is 0 Å². The van der Waals surface area contributed by atoms with Gasteiger partial charge in [-0.1, -0.05) is 18.7 Å². The second kappa shape index (κ2) is 15.7. The van der Waals surface area contributed by atoms with Crippen LogP contribution >= 0.6 is 0 Å². The first kappa shape index (κ1) is 11.2. The van der Waals surface area contributed by atoms with Crippen LogP contribution < -0.4 is 0 Å². The number of rotatable bonds is 3. The van der Waals surface area contributed by atoms with E-state index in [0.29, 0.717) is 6.42 Å². The van der Waals surface area contributed by atoms with Gasteiger partial charge < -0.3 is 10.2 Å². The fourth-order valence-corrected chi connectivity index (χ4v) is 0.0745. The molecule has 0 bridgehead atoms. The van der Waals surface area contributed by atoms with E-state index in [1.807, 2.05) is 0 Å². The molecule has 1 radical (unpaired) electrons. The maximum Gasteiger partial charge on any atom is 0.0609 e. The van der Waals surface area contributed by atoms with E-state index in [1.54, 1.807) is 0 Å². The monoisotopic (exact) mass is 129 g/mol. The fraction of sp³-hybridized carbons (Fsp3) is 0.429. The molecule has 0 fully saturated rings. The standard InChI is InChI=1S/C4H7O.C3H6O/c1-2-3-4-5;1-2-3-4/h1-2,5H,3-4H2;2,4H,1,3H2. The number of hydrogen-bond donors (Lipinski definition) is 2. The lowest BCUT2D eigenvalue weighted by molar-refractivity contribution is 0.302. The highest BCUT2D eigenvalue weighted by Gasteiger charge is 1.62. The third-order valence-electron chi connectivity index (χ3n) is 0.425. The number of aliphatic hydroxyl groups is 2. The molecule has 53 valence electrons. The van der Waals surface area contributed by atoms with Crippen LogP contribution in [0.1, 0.15) is 6.42 Å². The first-order valence-electron chi connectivity index (χ1n) is 2.69. The number of aliphatic hydroxyl groups excluding tert-OH is 2. The van der Waals surface area contributed by atoms with Crippen molar-refractivity contribution in [2.75, 3.05) is 13.2 Å². The summed E-state index contributed by atoms with van der Waals surface area (Å²) in [7, 11) is 0. The molecule has 2 heteroatoms. The highest BCUT2D eigenvalue weighted by atomic mass is 16.3. The van der Waals surface area contributed by atoms with Crippen molar-refractivity contribution in [3.05, 3.63) is 25.3 Å². The molecule has 0 aliphatic carbocycles. The molecular weight excluding hydrogens is 116 g/mol. The molecule has 9 heavy (non-hydrogen) atoms. The largest absolute Gasteiger partial charge is 0.396 e. The summed E-state index contributed by atoms with van der Waals surface area (Å²) in [6, 6.07) is 0. The van der Waals surface area contributed by atoms with Crippen LogP contribution in [0.15, 0.2) is 18.7 Å². The van der Waals surface area contributed by atoms with Gasteiger partial charge >= 0.3 is 0 Å². The Morgan fingerprint density at radius 1 is 1.44 bits per heavy atom. The molecule has 0 aromatic carbocycles. The lowest BCUT2D eigenvalue weighted by Crippen LogP contribution is -1.72. The second-order valence-electron chi connectivity index (χ2n) is 1.22. The maximum atomic E-state index is 7.96. The van der Waals surface area contributed by atoms with Gasteiger partial charge in [-0.2, -0.15) is 0 Å². The zero-order valence-corrected chi connectivity index (χ0v) is 5.45. The van der Waals surface area contributed by atoms with Gasteiger partial charge in [-0.15, -0.1) is 6.58 Å². The zero-order valence-electron chi connectivity index (χ0n) is 5.45. The summed E-state index contributed by atoms with van der Waals surface area (Å²) in [6.07, 6.45) is 3.46. The summed E-state index contributed by atoms with van der Waals surface area (Å²) in [5.41, 5.74) is 0. The lowest BCUT2D eigenvalue weighted by atomic mass is 10.5. The Balaban J connectivity index is 0. The van der Waals surface area contributed by atoms with Crippen molar-refractivity contribution in [1.29, 1.82) is 0 Å². The van der Waals surface area contributed by atoms with Crippen LogP contribution in [0.4, 0.5) is 0 Å². The molecule has 0 spiro atoms. The van der Waals surface area contributed by atoms with E-state index in [9.17, 15) is 0 Å². The zero-order chi connectivity index (χ0) is 7.54. The van der Waals surface area contributed by atoms with Crippen molar-refractivity contribution < 1.29 is 10.2 Å². The Kier molecular flexibility index (Phi) is 19.5. The van der Waals surface area contributed by atoms with E-state index in [-0.39, 0.29) is 13.2 Å². The van der Waals surface area contributed by atoms with Crippen LogP contribution in [0, 0.1) is 6.58 Å². The molecule has 0 amide bonds. The third-order valence-corrected chi connectivity index (χ3v) is 0.425. The average molecular weight is 129 g/mol. The Hall–Kier alpha value is -0.600. The first-order chi connectivity index (χ1) is 4.33. The minimum Gasteiger partial charge on any atom is -0.396 e. The molecule has 0 saturated carbocycles. The summed E-state index contributed by atoms with van der Waals surface area (Å²) in [5.74, 6) is 0. The molecule has 2 N–H and O–H groups in total. The van der Waals surface area contributed by atoms with Gasteiger partial charge in [0.1, 0.15) is 0 Å². The minimum absolute atomic E-state index is 0.0833. The molecular formula is C7H13O2. The molecule has 0 aliphatic rings. The molecule has 0 atom stereocenters. The van der Waals surface area contributed by atoms with Gasteiger partial charge in [0.15, 0.2) is 0 Å². The summed E-state index contributed by atoms with van der Waals surface area (Å²) >= 11 is 0. The van der Waals surface area contributed by atoms with Gasteiger partial charge in [-0.3, -0.25) is 0 Å². The van der Waals surface area contributed by atoms with E-state index in [2.05, 4.69) is 6.58 Å². The highest BCUT2D eigenvalue weighted by Crippen LogP contribution is 1.69. The predicted octanol–water partition coefficient (Wildman–Crippen LogP) is 0.523. The lowest BCUT2D eigenvalue weighted by Gasteiger charge is -1.73.